The lowest BCUT2D eigenvalue weighted by molar-refractivity contribution is -0.136. The third kappa shape index (κ3) is 5.06. The molecule has 3 heterocycles. The molecule has 1 aromatic carbocycles. The van der Waals surface area contributed by atoms with Gasteiger partial charge in [0.2, 0.25) is 5.91 Å². The van der Waals surface area contributed by atoms with Crippen LogP contribution < -0.4 is 5.56 Å². The Kier molecular flexibility index (Phi) is 6.52. The van der Waals surface area contributed by atoms with Gasteiger partial charge in [0, 0.05) is 56.7 Å². The van der Waals surface area contributed by atoms with Crippen LogP contribution in [0.15, 0.2) is 71.8 Å². The van der Waals surface area contributed by atoms with E-state index in [1.807, 2.05) is 23.1 Å². The topological polar surface area (TPSA) is 71.3 Å². The highest BCUT2D eigenvalue weighted by atomic mass is 16.2. The Balaban J connectivity index is 1.37. The number of carbonyl (C=O) groups excluding carboxylic acids is 1. The summed E-state index contributed by atoms with van der Waals surface area (Å²) in [6.45, 7) is 5.73. The van der Waals surface area contributed by atoms with Gasteiger partial charge < -0.3 is 4.90 Å². The van der Waals surface area contributed by atoms with Gasteiger partial charge >= 0.3 is 0 Å². The van der Waals surface area contributed by atoms with Crippen LogP contribution in [0.3, 0.4) is 0 Å². The van der Waals surface area contributed by atoms with Crippen LogP contribution in [0, 0.1) is 0 Å². The maximum absolute atomic E-state index is 13.1. The number of benzene rings is 1. The maximum Gasteiger partial charge on any atom is 0.267 e. The highest BCUT2D eigenvalue weighted by Gasteiger charge is 2.27. The molecule has 0 N–H and O–H groups in total. The molecule has 3 aromatic rings. The fourth-order valence-electron chi connectivity index (χ4n) is 3.87. The van der Waals surface area contributed by atoms with Crippen LogP contribution >= 0.6 is 0 Å². The average molecular weight is 418 g/mol. The molecule has 0 spiro atoms. The first-order valence-electron chi connectivity index (χ1n) is 10.7. The molecule has 1 saturated heterocycles. The Labute approximate surface area is 182 Å². The Morgan fingerprint density at radius 2 is 1.68 bits per heavy atom. The van der Waals surface area contributed by atoms with Gasteiger partial charge in [-0.15, -0.1) is 0 Å². The highest BCUT2D eigenvalue weighted by molar-refractivity contribution is 5.80. The number of pyridine rings is 1. The van der Waals surface area contributed by atoms with E-state index in [2.05, 4.69) is 39.2 Å². The second kappa shape index (κ2) is 9.66. The molecule has 1 atom stereocenters. The van der Waals surface area contributed by atoms with E-state index in [1.54, 1.807) is 25.4 Å². The number of rotatable bonds is 6. The predicted molar refractivity (Wildman–Crippen MR) is 120 cm³/mol. The third-order valence-corrected chi connectivity index (χ3v) is 5.77. The molecule has 0 aliphatic carbocycles. The van der Waals surface area contributed by atoms with Crippen molar-refractivity contribution < 1.29 is 4.79 Å². The summed E-state index contributed by atoms with van der Waals surface area (Å²) in [7, 11) is 0. The molecule has 1 aliphatic heterocycles. The lowest BCUT2D eigenvalue weighted by Gasteiger charge is -2.36. The molecule has 7 nitrogen and oxygen atoms in total. The SMILES string of the molecule is CC(C(=O)N1CCN(CCc2ccccc2)CC1)n1nc(-c2ccncc2)ccc1=O. The van der Waals surface area contributed by atoms with Crippen LogP contribution in [-0.2, 0) is 11.2 Å². The zero-order valence-corrected chi connectivity index (χ0v) is 17.7. The Hall–Kier alpha value is -3.32. The van der Waals surface area contributed by atoms with Gasteiger partial charge in [-0.2, -0.15) is 5.10 Å². The summed E-state index contributed by atoms with van der Waals surface area (Å²) in [5.41, 5.74) is 2.55. The Morgan fingerprint density at radius 3 is 2.39 bits per heavy atom. The van der Waals surface area contributed by atoms with E-state index < -0.39 is 6.04 Å². The summed E-state index contributed by atoms with van der Waals surface area (Å²) >= 11 is 0. The molecule has 4 rings (SSSR count). The summed E-state index contributed by atoms with van der Waals surface area (Å²) in [5, 5.41) is 4.45. The van der Waals surface area contributed by atoms with Crippen LogP contribution in [0.1, 0.15) is 18.5 Å². The summed E-state index contributed by atoms with van der Waals surface area (Å²) in [6, 6.07) is 16.6. The Morgan fingerprint density at radius 1 is 0.968 bits per heavy atom. The number of nitrogens with zero attached hydrogens (tertiary/aromatic N) is 5. The first-order chi connectivity index (χ1) is 15.1. The lowest BCUT2D eigenvalue weighted by atomic mass is 10.1. The monoisotopic (exact) mass is 417 g/mol. The summed E-state index contributed by atoms with van der Waals surface area (Å²) in [5.74, 6) is -0.0656. The van der Waals surface area contributed by atoms with E-state index in [-0.39, 0.29) is 11.5 Å². The van der Waals surface area contributed by atoms with Gasteiger partial charge in [-0.25, -0.2) is 4.68 Å². The van der Waals surface area contributed by atoms with Crippen LogP contribution in [0.5, 0.6) is 0 Å². The molecule has 31 heavy (non-hydrogen) atoms. The minimum absolute atomic E-state index is 0.0656. The molecule has 0 bridgehead atoms. The summed E-state index contributed by atoms with van der Waals surface area (Å²) < 4.78 is 1.29. The first-order valence-corrected chi connectivity index (χ1v) is 10.7. The minimum atomic E-state index is -0.648. The molecular weight excluding hydrogens is 390 g/mol. The van der Waals surface area contributed by atoms with Gasteiger partial charge in [0.25, 0.3) is 5.56 Å². The zero-order chi connectivity index (χ0) is 21.6. The fourth-order valence-corrected chi connectivity index (χ4v) is 3.87. The molecule has 2 aromatic heterocycles. The lowest BCUT2D eigenvalue weighted by Crippen LogP contribution is -2.51. The van der Waals surface area contributed by atoms with E-state index in [1.165, 1.54) is 16.3 Å². The van der Waals surface area contributed by atoms with Gasteiger partial charge in [-0.3, -0.25) is 19.5 Å². The average Bonchev–Trinajstić information content (AvgIpc) is 2.84. The number of hydrogen-bond acceptors (Lipinski definition) is 5. The molecule has 1 amide bonds. The van der Waals surface area contributed by atoms with Crippen LogP contribution in [0.4, 0.5) is 0 Å². The van der Waals surface area contributed by atoms with Crippen molar-refractivity contribution in [2.45, 2.75) is 19.4 Å². The van der Waals surface area contributed by atoms with Crippen LogP contribution in [0.25, 0.3) is 11.3 Å². The highest BCUT2D eigenvalue weighted by Crippen LogP contribution is 2.16. The van der Waals surface area contributed by atoms with Crippen molar-refractivity contribution in [1.82, 2.24) is 24.6 Å². The van der Waals surface area contributed by atoms with Crippen molar-refractivity contribution in [1.29, 1.82) is 0 Å². The normalized spacial score (nSPS) is 15.6. The van der Waals surface area contributed by atoms with Gasteiger partial charge in [0.15, 0.2) is 0 Å². The largest absolute Gasteiger partial charge is 0.338 e. The molecule has 0 saturated carbocycles. The van der Waals surface area contributed by atoms with E-state index in [0.29, 0.717) is 18.8 Å². The molecule has 1 unspecified atom stereocenters. The van der Waals surface area contributed by atoms with E-state index in [0.717, 1.165) is 31.6 Å². The van der Waals surface area contributed by atoms with Gasteiger partial charge in [-0.1, -0.05) is 30.3 Å². The fraction of sp³-hybridized carbons (Fsp3) is 0.333. The standard InChI is InChI=1S/C24H27N5O2/c1-19(29-23(30)8-7-22(26-29)21-9-12-25-13-10-21)24(31)28-17-15-27(16-18-28)14-11-20-5-3-2-4-6-20/h2-10,12-13,19H,11,14-18H2,1H3. The van der Waals surface area contributed by atoms with Gasteiger partial charge in [0.1, 0.15) is 6.04 Å². The molecule has 0 radical (unpaired) electrons. The zero-order valence-electron chi connectivity index (χ0n) is 17.7. The Bertz CT molecular complexity index is 1060. The third-order valence-electron chi connectivity index (χ3n) is 5.77. The number of aromatic nitrogens is 3. The molecule has 7 heteroatoms. The van der Waals surface area contributed by atoms with Crippen LogP contribution in [0.2, 0.25) is 0 Å². The van der Waals surface area contributed by atoms with Gasteiger partial charge in [-0.05, 0) is 37.1 Å². The quantitative estimate of drug-likeness (QED) is 0.615. The van der Waals surface area contributed by atoms with E-state index in [9.17, 15) is 9.59 Å². The molecule has 160 valence electrons. The second-order valence-electron chi connectivity index (χ2n) is 7.82. The second-order valence-corrected chi connectivity index (χ2v) is 7.82. The van der Waals surface area contributed by atoms with Gasteiger partial charge in [0.05, 0.1) is 5.69 Å². The van der Waals surface area contributed by atoms with Crippen molar-refractivity contribution in [3.8, 4) is 11.3 Å². The number of amides is 1. The minimum Gasteiger partial charge on any atom is -0.338 e. The van der Waals surface area contributed by atoms with Crippen molar-refractivity contribution in [3.63, 3.8) is 0 Å². The van der Waals surface area contributed by atoms with Crippen molar-refractivity contribution in [2.75, 3.05) is 32.7 Å². The first kappa shape index (κ1) is 20.9. The molecule has 1 aliphatic rings. The predicted octanol–water partition coefficient (Wildman–Crippen LogP) is 2.25. The molecular formula is C24H27N5O2. The van der Waals surface area contributed by atoms with Crippen molar-refractivity contribution in [3.05, 3.63) is 82.9 Å². The van der Waals surface area contributed by atoms with E-state index in [4.69, 9.17) is 0 Å². The number of piperazine rings is 1. The molecule has 1 fully saturated rings. The van der Waals surface area contributed by atoms with E-state index >= 15 is 0 Å². The van der Waals surface area contributed by atoms with Crippen molar-refractivity contribution in [2.24, 2.45) is 0 Å². The smallest absolute Gasteiger partial charge is 0.267 e. The number of carbonyl (C=O) groups is 1. The summed E-state index contributed by atoms with van der Waals surface area (Å²) in [4.78, 5) is 33.7. The summed E-state index contributed by atoms with van der Waals surface area (Å²) in [6.07, 6.45) is 4.36. The number of hydrogen-bond donors (Lipinski definition) is 0. The maximum atomic E-state index is 13.1. The van der Waals surface area contributed by atoms with Crippen LogP contribution in [-0.4, -0.2) is 63.2 Å². The van der Waals surface area contributed by atoms with Crippen molar-refractivity contribution >= 4 is 5.91 Å².